The van der Waals surface area contributed by atoms with E-state index in [2.05, 4.69) is 10.6 Å². The Kier molecular flexibility index (Phi) is 7.62. The summed E-state index contributed by atoms with van der Waals surface area (Å²) in [6.45, 7) is 4.53. The smallest absolute Gasteiger partial charge is 0.257 e. The molecule has 7 nitrogen and oxygen atoms in total. The maximum absolute atomic E-state index is 12.6. The molecule has 0 unspecified atom stereocenters. The number of amides is 2. The van der Waals surface area contributed by atoms with Gasteiger partial charge in [-0.25, -0.2) is 0 Å². The number of hydrogen-bond donors (Lipinski definition) is 2. The Labute approximate surface area is 185 Å². The Morgan fingerprint density at radius 3 is 2.63 bits per heavy atom. The number of anilines is 1. The maximum atomic E-state index is 12.6. The molecular weight excluding hydrogens is 426 g/mol. The summed E-state index contributed by atoms with van der Waals surface area (Å²) in [7, 11) is 0. The molecule has 2 amide bonds. The van der Waals surface area contributed by atoms with Crippen molar-refractivity contribution < 1.29 is 19.1 Å². The summed E-state index contributed by atoms with van der Waals surface area (Å²) in [5.74, 6) is 0.0390. The van der Waals surface area contributed by atoms with Gasteiger partial charge in [0.2, 0.25) is 0 Å². The number of nitrogens with one attached hydrogen (secondary N) is 2. The molecule has 1 aliphatic heterocycles. The molecule has 0 aromatic heterocycles. The Morgan fingerprint density at radius 1 is 1.17 bits per heavy atom. The first kappa shape index (κ1) is 22.0. The second-order valence-electron chi connectivity index (χ2n) is 6.47. The molecule has 0 bridgehead atoms. The first-order chi connectivity index (χ1) is 14.5. The zero-order valence-electron chi connectivity index (χ0n) is 16.4. The van der Waals surface area contributed by atoms with E-state index in [1.54, 1.807) is 41.3 Å². The predicted octanol–water partition coefficient (Wildman–Crippen LogP) is 3.34. The van der Waals surface area contributed by atoms with Gasteiger partial charge in [-0.15, -0.1) is 0 Å². The molecule has 1 fully saturated rings. The summed E-state index contributed by atoms with van der Waals surface area (Å²) < 4.78 is 10.6. The van der Waals surface area contributed by atoms with Crippen molar-refractivity contribution in [3.05, 3.63) is 58.6 Å². The van der Waals surface area contributed by atoms with Gasteiger partial charge < -0.3 is 19.7 Å². The van der Waals surface area contributed by atoms with Crippen LogP contribution in [0.25, 0.3) is 0 Å². The Bertz CT molecular complexity index is 948. The molecule has 1 saturated heterocycles. The summed E-state index contributed by atoms with van der Waals surface area (Å²) in [6, 6.07) is 11.7. The fourth-order valence-corrected chi connectivity index (χ4v) is 3.38. The minimum Gasteiger partial charge on any atom is -0.492 e. The van der Waals surface area contributed by atoms with Crippen LogP contribution >= 0.6 is 23.8 Å². The monoisotopic (exact) mass is 447 g/mol. The third-order valence-electron chi connectivity index (χ3n) is 4.39. The number of benzene rings is 2. The average Bonchev–Trinajstić information content (AvgIpc) is 2.75. The molecule has 0 radical (unpaired) electrons. The van der Waals surface area contributed by atoms with Crippen molar-refractivity contribution in [1.29, 1.82) is 0 Å². The van der Waals surface area contributed by atoms with Gasteiger partial charge in [0.15, 0.2) is 5.11 Å². The Hall–Kier alpha value is -2.68. The fraction of sp³-hybridized carbons (Fsp3) is 0.286. The highest BCUT2D eigenvalue weighted by atomic mass is 35.5. The number of thiocarbonyl (C=S) groups is 1. The molecular formula is C21H22ClN3O4S. The average molecular weight is 448 g/mol. The molecule has 2 aromatic rings. The van der Waals surface area contributed by atoms with Crippen LogP contribution in [0.3, 0.4) is 0 Å². The first-order valence-electron chi connectivity index (χ1n) is 9.49. The lowest BCUT2D eigenvalue weighted by atomic mass is 10.1. The summed E-state index contributed by atoms with van der Waals surface area (Å²) in [6.07, 6.45) is 0. The van der Waals surface area contributed by atoms with E-state index in [1.807, 2.05) is 6.92 Å². The van der Waals surface area contributed by atoms with Crippen molar-refractivity contribution in [2.75, 3.05) is 38.2 Å². The van der Waals surface area contributed by atoms with Gasteiger partial charge in [-0.2, -0.15) is 0 Å². The van der Waals surface area contributed by atoms with Crippen molar-refractivity contribution in [2.45, 2.75) is 6.92 Å². The highest BCUT2D eigenvalue weighted by Crippen LogP contribution is 2.25. The molecule has 0 spiro atoms. The number of hydrogen-bond acceptors (Lipinski definition) is 5. The van der Waals surface area contributed by atoms with E-state index >= 15 is 0 Å². The third-order valence-corrected chi connectivity index (χ3v) is 4.89. The first-order valence-corrected chi connectivity index (χ1v) is 10.3. The number of nitrogens with zero attached hydrogens (tertiary/aromatic N) is 1. The van der Waals surface area contributed by atoms with Gasteiger partial charge in [0.1, 0.15) is 5.75 Å². The highest BCUT2D eigenvalue weighted by Gasteiger charge is 2.19. The number of halogens is 1. The molecule has 0 aliphatic carbocycles. The van der Waals surface area contributed by atoms with Gasteiger partial charge in [-0.05, 0) is 55.5 Å². The lowest BCUT2D eigenvalue weighted by Gasteiger charge is -2.27. The van der Waals surface area contributed by atoms with E-state index in [0.717, 1.165) is 0 Å². The molecule has 3 rings (SSSR count). The summed E-state index contributed by atoms with van der Waals surface area (Å²) in [5, 5.41) is 6.00. The van der Waals surface area contributed by atoms with Gasteiger partial charge in [-0.1, -0.05) is 17.7 Å². The number of morpholine rings is 1. The van der Waals surface area contributed by atoms with Crippen molar-refractivity contribution in [1.82, 2.24) is 10.2 Å². The van der Waals surface area contributed by atoms with Gasteiger partial charge in [-0.3, -0.25) is 14.9 Å². The Morgan fingerprint density at radius 2 is 1.93 bits per heavy atom. The second kappa shape index (κ2) is 10.4. The normalized spacial score (nSPS) is 13.5. The third kappa shape index (κ3) is 5.69. The van der Waals surface area contributed by atoms with E-state index in [4.69, 9.17) is 33.3 Å². The topological polar surface area (TPSA) is 79.9 Å². The molecule has 1 heterocycles. The van der Waals surface area contributed by atoms with Gasteiger partial charge >= 0.3 is 0 Å². The number of rotatable bonds is 5. The zero-order chi connectivity index (χ0) is 21.5. The fourth-order valence-electron chi connectivity index (χ4n) is 2.93. The van der Waals surface area contributed by atoms with Gasteiger partial charge in [0.25, 0.3) is 11.8 Å². The molecule has 2 N–H and O–H groups in total. The summed E-state index contributed by atoms with van der Waals surface area (Å²) >= 11 is 11.4. The quantitative estimate of drug-likeness (QED) is 0.684. The number of ether oxygens (including phenoxy) is 2. The van der Waals surface area contributed by atoms with Gasteiger partial charge in [0.05, 0.1) is 24.8 Å². The largest absolute Gasteiger partial charge is 0.492 e. The molecule has 1 aliphatic rings. The molecule has 2 aromatic carbocycles. The van der Waals surface area contributed by atoms with Crippen LogP contribution in [0, 0.1) is 0 Å². The van der Waals surface area contributed by atoms with Crippen LogP contribution in [0.2, 0.25) is 5.02 Å². The highest BCUT2D eigenvalue weighted by molar-refractivity contribution is 7.80. The van der Waals surface area contributed by atoms with E-state index in [-0.39, 0.29) is 11.0 Å². The minimum absolute atomic E-state index is 0.0686. The lowest BCUT2D eigenvalue weighted by Crippen LogP contribution is -2.40. The van der Waals surface area contributed by atoms with E-state index < -0.39 is 5.91 Å². The lowest BCUT2D eigenvalue weighted by molar-refractivity contribution is 0.0303. The van der Waals surface area contributed by atoms with E-state index in [9.17, 15) is 9.59 Å². The van der Waals surface area contributed by atoms with Crippen molar-refractivity contribution in [3.8, 4) is 5.75 Å². The molecule has 9 heteroatoms. The van der Waals surface area contributed by atoms with Gasteiger partial charge in [0, 0.05) is 29.9 Å². The summed E-state index contributed by atoms with van der Waals surface area (Å²) in [4.78, 5) is 26.8. The number of carbonyl (C=O) groups is 2. The van der Waals surface area contributed by atoms with Crippen LogP contribution in [0.15, 0.2) is 42.5 Å². The molecule has 0 saturated carbocycles. The van der Waals surface area contributed by atoms with E-state index in [1.165, 1.54) is 6.07 Å². The Balaban J connectivity index is 1.61. The second-order valence-corrected chi connectivity index (χ2v) is 7.29. The van der Waals surface area contributed by atoms with Crippen LogP contribution in [-0.4, -0.2) is 54.7 Å². The zero-order valence-corrected chi connectivity index (χ0v) is 18.0. The standard InChI is InChI=1S/C21H22ClN3O4S/c1-2-29-18-7-6-14(13-17(18)22)19(26)24-21(30)23-16-5-3-4-15(12-16)20(27)25-8-10-28-11-9-25/h3-7,12-13H,2,8-11H2,1H3,(H2,23,24,26,30). The molecule has 30 heavy (non-hydrogen) atoms. The SMILES string of the molecule is CCOc1ccc(C(=O)NC(=S)Nc2cccc(C(=O)N3CCOCC3)c2)cc1Cl. The van der Waals surface area contributed by atoms with Crippen LogP contribution < -0.4 is 15.4 Å². The van der Waals surface area contributed by atoms with Crippen LogP contribution in [0.1, 0.15) is 27.6 Å². The maximum Gasteiger partial charge on any atom is 0.257 e. The molecule has 0 atom stereocenters. The van der Waals surface area contributed by atoms with Crippen LogP contribution in [-0.2, 0) is 4.74 Å². The van der Waals surface area contributed by atoms with Crippen molar-refractivity contribution >= 4 is 46.4 Å². The van der Waals surface area contributed by atoms with Crippen molar-refractivity contribution in [3.63, 3.8) is 0 Å². The van der Waals surface area contributed by atoms with Crippen LogP contribution in [0.5, 0.6) is 5.75 Å². The number of carbonyl (C=O) groups excluding carboxylic acids is 2. The summed E-state index contributed by atoms with van der Waals surface area (Å²) in [5.41, 5.74) is 1.49. The van der Waals surface area contributed by atoms with Crippen LogP contribution in [0.4, 0.5) is 5.69 Å². The van der Waals surface area contributed by atoms with E-state index in [0.29, 0.717) is 60.5 Å². The van der Waals surface area contributed by atoms with Crippen molar-refractivity contribution in [2.24, 2.45) is 0 Å². The minimum atomic E-state index is -0.405. The predicted molar refractivity (Wildman–Crippen MR) is 119 cm³/mol. The molecule has 158 valence electrons.